The molecule has 0 saturated carbocycles. The van der Waals surface area contributed by atoms with Crippen molar-refractivity contribution in [3.05, 3.63) is 54.1 Å². The van der Waals surface area contributed by atoms with E-state index in [4.69, 9.17) is 9.47 Å². The van der Waals surface area contributed by atoms with E-state index in [1.807, 2.05) is 45.3 Å². The van der Waals surface area contributed by atoms with E-state index < -0.39 is 0 Å². The highest BCUT2D eigenvalue weighted by atomic mass is 16.5. The summed E-state index contributed by atoms with van der Waals surface area (Å²) in [7, 11) is 5.72. The van der Waals surface area contributed by atoms with E-state index in [0.717, 1.165) is 24.0 Å². The van der Waals surface area contributed by atoms with Crippen molar-refractivity contribution in [1.82, 2.24) is 10.6 Å². The summed E-state index contributed by atoms with van der Waals surface area (Å²) in [4.78, 5) is 6.76. The number of nitrogens with zero attached hydrogens (tertiary/aromatic N) is 2. The highest BCUT2D eigenvalue weighted by molar-refractivity contribution is 5.79. The monoisotopic (exact) mass is 384 g/mol. The number of rotatable bonds is 9. The number of aliphatic imine (C=N–C) groups is 1. The van der Waals surface area contributed by atoms with Crippen molar-refractivity contribution in [1.29, 1.82) is 0 Å². The zero-order valence-electron chi connectivity index (χ0n) is 17.5. The van der Waals surface area contributed by atoms with Crippen LogP contribution >= 0.6 is 0 Å². The topological polar surface area (TPSA) is 58.1 Å². The number of nitrogens with one attached hydrogen (secondary N) is 2. The number of benzene rings is 2. The average Bonchev–Trinajstić information content (AvgIpc) is 2.70. The highest BCUT2D eigenvalue weighted by Crippen LogP contribution is 2.26. The maximum atomic E-state index is 5.99. The van der Waals surface area contributed by atoms with E-state index in [9.17, 15) is 0 Å². The fourth-order valence-electron chi connectivity index (χ4n) is 2.63. The van der Waals surface area contributed by atoms with E-state index >= 15 is 0 Å². The van der Waals surface area contributed by atoms with E-state index in [-0.39, 0.29) is 6.10 Å². The molecule has 152 valence electrons. The second-order valence-electron chi connectivity index (χ2n) is 6.72. The first kappa shape index (κ1) is 21.4. The Hall–Kier alpha value is -2.89. The Kier molecular flexibility index (Phi) is 8.46. The van der Waals surface area contributed by atoms with Gasteiger partial charge in [0.25, 0.3) is 0 Å². The molecule has 0 aliphatic carbocycles. The molecule has 1 atom stereocenters. The fourth-order valence-corrected chi connectivity index (χ4v) is 2.63. The summed E-state index contributed by atoms with van der Waals surface area (Å²) in [5.74, 6) is 2.24. The van der Waals surface area contributed by atoms with E-state index in [1.165, 1.54) is 11.3 Å². The van der Waals surface area contributed by atoms with Crippen molar-refractivity contribution in [3.63, 3.8) is 0 Å². The number of methoxy groups -OCH3 is 1. The molecule has 2 aromatic rings. The Morgan fingerprint density at radius 1 is 1.04 bits per heavy atom. The number of ether oxygens (including phenoxy) is 2. The van der Waals surface area contributed by atoms with Crippen LogP contribution in [0.4, 0.5) is 5.69 Å². The minimum Gasteiger partial charge on any atom is -0.493 e. The van der Waals surface area contributed by atoms with Gasteiger partial charge in [-0.1, -0.05) is 24.3 Å². The third-order valence-electron chi connectivity index (χ3n) is 4.17. The van der Waals surface area contributed by atoms with Crippen LogP contribution in [0.1, 0.15) is 19.4 Å². The van der Waals surface area contributed by atoms with Gasteiger partial charge in [0.05, 0.1) is 20.2 Å². The van der Waals surface area contributed by atoms with Crippen molar-refractivity contribution >= 4 is 11.6 Å². The molecule has 0 heterocycles. The van der Waals surface area contributed by atoms with Crippen molar-refractivity contribution in [2.75, 3.05) is 39.2 Å². The zero-order valence-corrected chi connectivity index (χ0v) is 17.5. The molecule has 1 unspecified atom stereocenters. The molecule has 0 amide bonds. The maximum absolute atomic E-state index is 5.99. The Balaban J connectivity index is 1.91. The number of anilines is 1. The summed E-state index contributed by atoms with van der Waals surface area (Å²) < 4.78 is 11.3. The van der Waals surface area contributed by atoms with Gasteiger partial charge in [-0.15, -0.1) is 0 Å². The normalized spacial score (nSPS) is 12.2. The average molecular weight is 385 g/mol. The third kappa shape index (κ3) is 6.68. The van der Waals surface area contributed by atoms with Crippen LogP contribution in [0.5, 0.6) is 11.5 Å². The molecule has 0 aliphatic rings. The Bertz CT molecular complexity index is 744. The molecule has 0 fully saturated rings. The number of hydrogen-bond acceptors (Lipinski definition) is 4. The largest absolute Gasteiger partial charge is 0.493 e. The molecule has 2 aromatic carbocycles. The number of guanidine groups is 1. The fraction of sp³-hybridized carbons (Fsp3) is 0.409. The van der Waals surface area contributed by atoms with Gasteiger partial charge in [0.15, 0.2) is 17.5 Å². The molecule has 28 heavy (non-hydrogen) atoms. The van der Waals surface area contributed by atoms with Crippen molar-refractivity contribution < 1.29 is 9.47 Å². The molecule has 0 saturated heterocycles. The lowest BCUT2D eigenvalue weighted by molar-refractivity contribution is 0.213. The van der Waals surface area contributed by atoms with Gasteiger partial charge >= 0.3 is 0 Å². The first-order valence-corrected chi connectivity index (χ1v) is 9.61. The summed E-state index contributed by atoms with van der Waals surface area (Å²) in [5.41, 5.74) is 2.35. The van der Waals surface area contributed by atoms with E-state index in [2.05, 4.69) is 51.7 Å². The maximum Gasteiger partial charge on any atom is 0.191 e. The summed E-state index contributed by atoms with van der Waals surface area (Å²) in [6, 6.07) is 16.1. The molecular formula is C22H32N4O2. The van der Waals surface area contributed by atoms with Gasteiger partial charge in [-0.2, -0.15) is 0 Å². The van der Waals surface area contributed by atoms with Crippen LogP contribution in [0.15, 0.2) is 53.5 Å². The van der Waals surface area contributed by atoms with Crippen LogP contribution in [-0.2, 0) is 6.54 Å². The Morgan fingerprint density at radius 3 is 2.32 bits per heavy atom. The summed E-state index contributed by atoms with van der Waals surface area (Å²) in [6.45, 7) is 6.11. The van der Waals surface area contributed by atoms with Gasteiger partial charge in [0, 0.05) is 26.3 Å². The standard InChI is InChI=1S/C22H32N4O2/c1-6-23-22(25-16-18-11-13-19(14-12-18)26(3)4)24-15-17(2)28-21-10-8-7-9-20(21)27-5/h7-14,17H,6,15-16H2,1-5H3,(H2,23,24,25). The smallest absolute Gasteiger partial charge is 0.191 e. The number of hydrogen-bond donors (Lipinski definition) is 2. The van der Waals surface area contributed by atoms with Gasteiger partial charge in [0.1, 0.15) is 6.10 Å². The van der Waals surface area contributed by atoms with Gasteiger partial charge in [-0.05, 0) is 43.7 Å². The first-order chi connectivity index (χ1) is 13.5. The lowest BCUT2D eigenvalue weighted by Crippen LogP contribution is -2.41. The molecule has 6 heteroatoms. The summed E-state index contributed by atoms with van der Waals surface area (Å²) in [5, 5.41) is 6.62. The van der Waals surface area contributed by atoms with Gasteiger partial charge in [-0.25, -0.2) is 4.99 Å². The quantitative estimate of drug-likeness (QED) is 0.513. The lowest BCUT2D eigenvalue weighted by Gasteiger charge is -2.19. The summed E-state index contributed by atoms with van der Waals surface area (Å²) >= 11 is 0. The summed E-state index contributed by atoms with van der Waals surface area (Å²) in [6.07, 6.45) is -0.0421. The molecule has 6 nitrogen and oxygen atoms in total. The van der Waals surface area contributed by atoms with Crippen LogP contribution in [0.2, 0.25) is 0 Å². The highest BCUT2D eigenvalue weighted by Gasteiger charge is 2.09. The van der Waals surface area contributed by atoms with Crippen molar-refractivity contribution in [2.45, 2.75) is 26.5 Å². The van der Waals surface area contributed by atoms with Gasteiger partial charge in [-0.3, -0.25) is 0 Å². The van der Waals surface area contributed by atoms with Crippen LogP contribution in [0.3, 0.4) is 0 Å². The van der Waals surface area contributed by atoms with Crippen LogP contribution < -0.4 is 25.0 Å². The predicted octanol–water partition coefficient (Wildman–Crippen LogP) is 3.28. The SMILES string of the molecule is CCNC(=NCc1ccc(N(C)C)cc1)NCC(C)Oc1ccccc1OC. The van der Waals surface area contributed by atoms with Crippen LogP contribution in [-0.4, -0.2) is 46.4 Å². The van der Waals surface area contributed by atoms with Crippen molar-refractivity contribution in [3.8, 4) is 11.5 Å². The minimum atomic E-state index is -0.0421. The Labute approximate surface area is 168 Å². The zero-order chi connectivity index (χ0) is 20.4. The molecule has 0 aliphatic heterocycles. The molecule has 0 aromatic heterocycles. The molecule has 2 N–H and O–H groups in total. The van der Waals surface area contributed by atoms with Gasteiger partial charge in [0.2, 0.25) is 0 Å². The van der Waals surface area contributed by atoms with Crippen molar-refractivity contribution in [2.24, 2.45) is 4.99 Å². The third-order valence-corrected chi connectivity index (χ3v) is 4.17. The van der Waals surface area contributed by atoms with Gasteiger partial charge < -0.3 is 25.0 Å². The second-order valence-corrected chi connectivity index (χ2v) is 6.72. The first-order valence-electron chi connectivity index (χ1n) is 9.61. The molecule has 0 radical (unpaired) electrons. The molecule has 2 rings (SSSR count). The molecule has 0 spiro atoms. The molecular weight excluding hydrogens is 352 g/mol. The van der Waals surface area contributed by atoms with E-state index in [0.29, 0.717) is 13.1 Å². The molecule has 0 bridgehead atoms. The van der Waals surface area contributed by atoms with E-state index in [1.54, 1.807) is 7.11 Å². The lowest BCUT2D eigenvalue weighted by atomic mass is 10.2. The predicted molar refractivity (Wildman–Crippen MR) is 117 cm³/mol. The minimum absolute atomic E-state index is 0.0421. The second kappa shape index (κ2) is 11.1. The number of para-hydroxylation sites is 2. The Morgan fingerprint density at radius 2 is 1.71 bits per heavy atom. The van der Waals surface area contributed by atoms with Crippen LogP contribution in [0.25, 0.3) is 0 Å². The van der Waals surface area contributed by atoms with Crippen LogP contribution in [0, 0.1) is 0 Å².